The number of carbonyl (C=O) groups is 2. The second-order valence-electron chi connectivity index (χ2n) is 1.66. The Morgan fingerprint density at radius 1 is 1.31 bits per heavy atom. The number of esters is 1. The largest absolute Gasteiger partial charge is 0.490 e. The lowest BCUT2D eigenvalue weighted by atomic mass is 10.6. The van der Waals surface area contributed by atoms with E-state index in [1.165, 1.54) is 14.2 Å². The summed E-state index contributed by atoms with van der Waals surface area (Å²) in [4.78, 5) is 19.5. The van der Waals surface area contributed by atoms with E-state index in [1.807, 2.05) is 0 Å². The van der Waals surface area contributed by atoms with Crippen molar-refractivity contribution in [3.63, 3.8) is 0 Å². The lowest BCUT2D eigenvalue weighted by molar-refractivity contribution is -0.139. The molecule has 0 bridgehead atoms. The molecule has 0 saturated carbocycles. The summed E-state index contributed by atoms with van der Waals surface area (Å²) in [5, 5.41) is 7.60. The van der Waals surface area contributed by atoms with Crippen molar-refractivity contribution in [3.8, 4) is 0 Å². The fraction of sp³-hybridized carbons (Fsp3) is 0.250. The van der Waals surface area contributed by atoms with Crippen molar-refractivity contribution in [2.75, 3.05) is 14.2 Å². The second-order valence-corrected chi connectivity index (χ2v) is 1.66. The third-order valence-corrected chi connectivity index (χ3v) is 0.834. The molecule has 0 radical (unpaired) electrons. The van der Waals surface area contributed by atoms with E-state index in [2.05, 4.69) is 22.6 Å². The molecule has 0 heterocycles. The van der Waals surface area contributed by atoms with E-state index in [1.54, 1.807) is 0 Å². The van der Waals surface area contributed by atoms with Crippen LogP contribution < -0.4 is 0 Å². The average molecular weight is 188 g/mol. The van der Waals surface area contributed by atoms with E-state index in [-0.39, 0.29) is 5.76 Å². The highest BCUT2D eigenvalue weighted by Gasteiger charge is 2.03. The number of carbonyl (C=O) groups excluding carboxylic acids is 1. The Balaban J connectivity index is 0. The summed E-state index contributed by atoms with van der Waals surface area (Å²) < 4.78 is 8.67. The highest BCUT2D eigenvalue weighted by molar-refractivity contribution is 5.85. The third-order valence-electron chi connectivity index (χ3n) is 0.834. The van der Waals surface area contributed by atoms with Crippen molar-refractivity contribution in [2.45, 2.75) is 0 Å². The molecule has 0 saturated heterocycles. The van der Waals surface area contributed by atoms with Crippen LogP contribution in [0.3, 0.4) is 0 Å². The number of ether oxygens (including phenoxy) is 2. The molecular formula is C8H12O5. The molecule has 0 aliphatic heterocycles. The number of carboxylic acid groups (broad SMARTS) is 1. The van der Waals surface area contributed by atoms with E-state index in [0.29, 0.717) is 0 Å². The van der Waals surface area contributed by atoms with E-state index in [0.717, 1.165) is 6.08 Å². The van der Waals surface area contributed by atoms with Gasteiger partial charge in [-0.2, -0.15) is 0 Å². The predicted molar refractivity (Wildman–Crippen MR) is 46.0 cm³/mol. The second kappa shape index (κ2) is 8.32. The van der Waals surface area contributed by atoms with Crippen LogP contribution in [0.15, 0.2) is 25.0 Å². The zero-order valence-corrected chi connectivity index (χ0v) is 7.57. The lowest BCUT2D eigenvalue weighted by Gasteiger charge is -1.98. The van der Waals surface area contributed by atoms with Crippen molar-refractivity contribution >= 4 is 11.9 Å². The number of rotatable bonds is 3. The Labute approximate surface area is 76.3 Å². The zero-order chi connectivity index (χ0) is 10.9. The summed E-state index contributed by atoms with van der Waals surface area (Å²) in [6.45, 7) is 6.21. The maximum absolute atomic E-state index is 10.3. The average Bonchev–Trinajstić information content (AvgIpc) is 2.16. The molecule has 74 valence electrons. The Kier molecular flexibility index (Phi) is 8.82. The van der Waals surface area contributed by atoms with Crippen LogP contribution in [0, 0.1) is 0 Å². The summed E-state index contributed by atoms with van der Waals surface area (Å²) in [6, 6.07) is 0. The van der Waals surface area contributed by atoms with Gasteiger partial charge in [0.25, 0.3) is 0 Å². The molecule has 0 spiro atoms. The number of hydrogen-bond acceptors (Lipinski definition) is 4. The molecule has 0 amide bonds. The van der Waals surface area contributed by atoms with Gasteiger partial charge in [0.1, 0.15) is 0 Å². The van der Waals surface area contributed by atoms with Crippen molar-refractivity contribution in [1.82, 2.24) is 0 Å². The van der Waals surface area contributed by atoms with Gasteiger partial charge in [-0.25, -0.2) is 9.59 Å². The van der Waals surface area contributed by atoms with Crippen molar-refractivity contribution in [3.05, 3.63) is 25.0 Å². The SMILES string of the molecule is C=C(OC)C(=O)OC.C=CC(=O)O. The van der Waals surface area contributed by atoms with Crippen molar-refractivity contribution in [1.29, 1.82) is 0 Å². The van der Waals surface area contributed by atoms with Gasteiger partial charge in [0, 0.05) is 6.08 Å². The molecule has 0 rings (SSSR count). The zero-order valence-electron chi connectivity index (χ0n) is 7.57. The van der Waals surface area contributed by atoms with Gasteiger partial charge in [-0.05, 0) is 6.58 Å². The first kappa shape index (κ1) is 13.8. The van der Waals surface area contributed by atoms with E-state index >= 15 is 0 Å². The van der Waals surface area contributed by atoms with Crippen LogP contribution in [-0.2, 0) is 19.1 Å². The standard InChI is InChI=1S/C5H8O3.C3H4O2/c1-4(7-2)5(6)8-3;1-2-3(4)5/h1H2,2-3H3;2H,1H2,(H,4,5). The Bertz CT molecular complexity index is 193. The van der Waals surface area contributed by atoms with Gasteiger partial charge in [-0.1, -0.05) is 6.58 Å². The van der Waals surface area contributed by atoms with Gasteiger partial charge in [0.15, 0.2) is 5.76 Å². The molecule has 0 aliphatic rings. The van der Waals surface area contributed by atoms with E-state index in [9.17, 15) is 9.59 Å². The summed E-state index contributed by atoms with van der Waals surface area (Å²) in [7, 11) is 2.63. The van der Waals surface area contributed by atoms with Crippen LogP contribution in [0.1, 0.15) is 0 Å². The van der Waals surface area contributed by atoms with Gasteiger partial charge in [-0.15, -0.1) is 0 Å². The maximum Gasteiger partial charge on any atom is 0.372 e. The van der Waals surface area contributed by atoms with Gasteiger partial charge >= 0.3 is 11.9 Å². The van der Waals surface area contributed by atoms with Crippen molar-refractivity contribution in [2.24, 2.45) is 0 Å². The first-order valence-electron chi connectivity index (χ1n) is 3.16. The Morgan fingerprint density at radius 2 is 1.69 bits per heavy atom. The summed E-state index contributed by atoms with van der Waals surface area (Å²) in [5.41, 5.74) is 0. The highest BCUT2D eigenvalue weighted by Crippen LogP contribution is 1.90. The van der Waals surface area contributed by atoms with Gasteiger partial charge in [0.05, 0.1) is 14.2 Å². The minimum absolute atomic E-state index is 0.0208. The van der Waals surface area contributed by atoms with Crippen LogP contribution in [0.5, 0.6) is 0 Å². The summed E-state index contributed by atoms with van der Waals surface area (Å²) in [6.07, 6.45) is 0.833. The fourth-order valence-corrected chi connectivity index (χ4v) is 0.197. The van der Waals surface area contributed by atoms with Gasteiger partial charge < -0.3 is 14.6 Å². The molecule has 5 heteroatoms. The molecular weight excluding hydrogens is 176 g/mol. The normalized spacial score (nSPS) is 7.23. The summed E-state index contributed by atoms with van der Waals surface area (Å²) >= 11 is 0. The molecule has 0 unspecified atom stereocenters. The molecule has 0 atom stereocenters. The smallest absolute Gasteiger partial charge is 0.372 e. The number of carboxylic acids is 1. The first-order chi connectivity index (χ1) is 5.99. The number of methoxy groups -OCH3 is 2. The Morgan fingerprint density at radius 3 is 1.77 bits per heavy atom. The molecule has 5 nitrogen and oxygen atoms in total. The molecule has 0 aromatic heterocycles. The molecule has 0 aromatic carbocycles. The van der Waals surface area contributed by atoms with Crippen LogP contribution in [0.25, 0.3) is 0 Å². The van der Waals surface area contributed by atoms with Crippen LogP contribution in [0.4, 0.5) is 0 Å². The molecule has 0 fully saturated rings. The van der Waals surface area contributed by atoms with E-state index < -0.39 is 11.9 Å². The summed E-state index contributed by atoms with van der Waals surface area (Å²) in [5.74, 6) is -1.50. The molecule has 13 heavy (non-hydrogen) atoms. The van der Waals surface area contributed by atoms with Gasteiger partial charge in [-0.3, -0.25) is 0 Å². The molecule has 0 aromatic rings. The number of hydrogen-bond donors (Lipinski definition) is 1. The highest BCUT2D eigenvalue weighted by atomic mass is 16.6. The van der Waals surface area contributed by atoms with Crippen LogP contribution >= 0.6 is 0 Å². The van der Waals surface area contributed by atoms with Crippen molar-refractivity contribution < 1.29 is 24.2 Å². The first-order valence-corrected chi connectivity index (χ1v) is 3.16. The number of aliphatic carboxylic acids is 1. The van der Waals surface area contributed by atoms with Crippen LogP contribution in [-0.4, -0.2) is 31.3 Å². The quantitative estimate of drug-likeness (QED) is 0.398. The molecule has 1 N–H and O–H groups in total. The Hall–Kier alpha value is -1.78. The topological polar surface area (TPSA) is 72.8 Å². The maximum atomic E-state index is 10.3. The lowest BCUT2D eigenvalue weighted by Crippen LogP contribution is -2.04. The minimum atomic E-state index is -0.981. The molecule has 0 aliphatic carbocycles. The van der Waals surface area contributed by atoms with Crippen LogP contribution in [0.2, 0.25) is 0 Å². The van der Waals surface area contributed by atoms with Gasteiger partial charge in [0.2, 0.25) is 0 Å². The van der Waals surface area contributed by atoms with E-state index in [4.69, 9.17) is 5.11 Å². The monoisotopic (exact) mass is 188 g/mol. The minimum Gasteiger partial charge on any atom is -0.490 e. The third kappa shape index (κ3) is 10.2. The predicted octanol–water partition coefficient (Wildman–Crippen LogP) is 0.577. The fourth-order valence-electron chi connectivity index (χ4n) is 0.197.